The minimum atomic E-state index is -10.0. The van der Waals surface area contributed by atoms with Crippen LogP contribution in [0.25, 0.3) is 0 Å². The van der Waals surface area contributed by atoms with E-state index in [1.807, 2.05) is 0 Å². The largest absolute Gasteiger partial charge is 0.581 e. The first-order valence-electron chi connectivity index (χ1n) is 11.4. The molecular formula is C17HF36N2O+. The van der Waals surface area contributed by atoms with Gasteiger partial charge in [0.1, 0.15) is 0 Å². The van der Waals surface area contributed by atoms with Gasteiger partial charge in [0, 0.05) is 4.48 Å². The molecule has 1 N–H and O–H groups in total. The van der Waals surface area contributed by atoms with E-state index in [4.69, 9.17) is 0 Å². The summed E-state index contributed by atoms with van der Waals surface area (Å²) >= 11 is 0. The number of nitrogens with zero attached hydrogens (tertiary/aromatic N) is 1. The summed E-state index contributed by atoms with van der Waals surface area (Å²) in [6.45, 7) is 0. The van der Waals surface area contributed by atoms with Gasteiger partial charge in [-0.05, 0) is 0 Å². The molecular weight excluding hydrogens is 932 g/mol. The van der Waals surface area contributed by atoms with Crippen molar-refractivity contribution in [3.05, 3.63) is 0 Å². The van der Waals surface area contributed by atoms with Gasteiger partial charge in [-0.15, -0.1) is 48.3 Å². The second-order valence-corrected chi connectivity index (χ2v) is 9.89. The predicted octanol–water partition coefficient (Wildman–Crippen LogP) is 10.6. The lowest BCUT2D eigenvalue weighted by Gasteiger charge is -2.46. The summed E-state index contributed by atoms with van der Waals surface area (Å²) in [5.74, 6) is -102. The molecule has 336 valence electrons. The molecule has 0 heterocycles. The maximum atomic E-state index is 13.9. The molecule has 1 amide bonds. The van der Waals surface area contributed by atoms with Crippen molar-refractivity contribution in [1.29, 1.82) is 0 Å². The second-order valence-electron chi connectivity index (χ2n) is 9.89. The van der Waals surface area contributed by atoms with Crippen molar-refractivity contribution in [1.82, 2.24) is 5.32 Å². The zero-order valence-electron chi connectivity index (χ0n) is 23.5. The van der Waals surface area contributed by atoms with E-state index in [0.717, 1.165) is 0 Å². The number of halogens is 36. The fraction of sp³-hybridized carbons (Fsp3) is 0.941. The standard InChI is InChI=1S/C17F36N2O/c18-2(19,1(56)54-13(41,42)11(36,37)14(43,44)55(15(45,46)47,16(48,49)50)17(51,52)53)3(20,21)4(22,23)5(24,25)6(26,27)7(28,29)8(30,31)9(32,33)10(34,35)12(38,39)40/p+1. The van der Waals surface area contributed by atoms with Gasteiger partial charge in [-0.25, -0.2) is 0 Å². The van der Waals surface area contributed by atoms with Crippen molar-refractivity contribution >= 4 is 5.91 Å². The van der Waals surface area contributed by atoms with Crippen molar-refractivity contribution in [2.75, 3.05) is 0 Å². The molecule has 0 spiro atoms. The Hall–Kier alpha value is -3.09. The van der Waals surface area contributed by atoms with E-state index in [9.17, 15) is 163 Å². The summed E-state index contributed by atoms with van der Waals surface area (Å²) in [6, 6.07) is -18.8. The molecule has 0 aliphatic rings. The van der Waals surface area contributed by atoms with Crippen molar-refractivity contribution < 1.29 is 167 Å². The number of hydrogen-bond donors (Lipinski definition) is 1. The minimum absolute atomic E-state index is 2.42. The normalized spacial score (nSPS) is 17.0. The Morgan fingerprint density at radius 3 is 0.732 bits per heavy atom. The van der Waals surface area contributed by atoms with Crippen LogP contribution in [0.5, 0.6) is 0 Å². The van der Waals surface area contributed by atoms with Crippen molar-refractivity contribution in [2.24, 2.45) is 0 Å². The summed E-state index contributed by atoms with van der Waals surface area (Å²) in [4.78, 5) is 11.1. The quantitative estimate of drug-likeness (QED) is 0.111. The summed E-state index contributed by atoms with van der Waals surface area (Å²) in [5, 5.41) is -2.42. The third kappa shape index (κ3) is 6.21. The Kier molecular flexibility index (Phi) is 12.0. The summed E-state index contributed by atoms with van der Waals surface area (Å²) in [7, 11) is 0. The molecule has 0 aromatic heterocycles. The van der Waals surface area contributed by atoms with Crippen molar-refractivity contribution in [2.45, 2.75) is 96.4 Å². The number of alkyl halides is 36. The highest BCUT2D eigenvalue weighted by Gasteiger charge is 3.02. The van der Waals surface area contributed by atoms with Crippen LogP contribution in [0.15, 0.2) is 0 Å². The number of quaternary nitrogens is 1. The topological polar surface area (TPSA) is 29.1 Å². The van der Waals surface area contributed by atoms with Gasteiger partial charge >= 0.3 is 102 Å². The maximum Gasteiger partial charge on any atom is 0.581 e. The zero-order valence-corrected chi connectivity index (χ0v) is 23.5. The third-order valence-corrected chi connectivity index (χ3v) is 6.40. The molecule has 0 bridgehead atoms. The minimum Gasteiger partial charge on any atom is -0.286 e. The molecule has 0 aromatic carbocycles. The first-order valence-corrected chi connectivity index (χ1v) is 11.4. The van der Waals surface area contributed by atoms with E-state index >= 15 is 0 Å². The first kappa shape index (κ1) is 52.9. The lowest BCUT2D eigenvalue weighted by molar-refractivity contribution is -1.22. The van der Waals surface area contributed by atoms with Gasteiger partial charge in [0.2, 0.25) is 0 Å². The highest BCUT2D eigenvalue weighted by Crippen LogP contribution is 2.67. The summed E-state index contributed by atoms with van der Waals surface area (Å²) in [5.41, 5.74) is 0. The van der Waals surface area contributed by atoms with Gasteiger partial charge in [-0.1, -0.05) is 0 Å². The number of amides is 1. The van der Waals surface area contributed by atoms with Gasteiger partial charge in [0.15, 0.2) is 0 Å². The van der Waals surface area contributed by atoms with Crippen LogP contribution in [0.2, 0.25) is 0 Å². The van der Waals surface area contributed by atoms with Gasteiger partial charge < -0.3 is 0 Å². The summed E-state index contributed by atoms with van der Waals surface area (Å²) < 4.78 is 469. The average molecular weight is 933 g/mol. The number of carbonyl (C=O) groups excluding carboxylic acids is 1. The number of carbonyl (C=O) groups is 1. The van der Waals surface area contributed by atoms with Gasteiger partial charge in [-0.2, -0.15) is 110 Å². The van der Waals surface area contributed by atoms with Crippen LogP contribution < -0.4 is 5.32 Å². The van der Waals surface area contributed by atoms with Gasteiger partial charge in [0.25, 0.3) is 0 Å². The number of rotatable bonds is 13. The summed E-state index contributed by atoms with van der Waals surface area (Å²) in [6.07, 6.45) is -35.9. The molecule has 0 atom stereocenters. The van der Waals surface area contributed by atoms with E-state index in [1.165, 1.54) is 0 Å². The lowest BCUT2D eigenvalue weighted by atomic mass is 9.86. The SMILES string of the molecule is O=C(NC(F)(F)C(F)(F)C(F)(F)[N+](C(F)(F)F)(C(F)(F)F)C(F)(F)F)C(F)(F)C(F)(F)C(F)(F)C(F)(F)C(F)(F)C(F)(F)C(F)(F)C(F)(F)C(F)(F)C(F)(F)F. The van der Waals surface area contributed by atoms with E-state index in [1.54, 1.807) is 0 Å². The molecule has 0 aliphatic heterocycles. The number of nitrogens with one attached hydrogen (secondary N) is 1. The highest BCUT2D eigenvalue weighted by atomic mass is 19.5. The molecule has 0 radical (unpaired) electrons. The molecule has 0 aliphatic carbocycles. The van der Waals surface area contributed by atoms with E-state index in [0.29, 0.717) is 0 Å². The Morgan fingerprint density at radius 2 is 0.518 bits per heavy atom. The molecule has 0 aromatic rings. The fourth-order valence-corrected chi connectivity index (χ4v) is 3.31. The Morgan fingerprint density at radius 1 is 0.304 bits per heavy atom. The van der Waals surface area contributed by atoms with Crippen LogP contribution in [0.4, 0.5) is 158 Å². The first-order chi connectivity index (χ1) is 23.4. The Bertz CT molecular complexity index is 1410. The Labute approximate surface area is 276 Å². The molecule has 3 nitrogen and oxygen atoms in total. The monoisotopic (exact) mass is 933 g/mol. The van der Waals surface area contributed by atoms with Crippen LogP contribution in [0.1, 0.15) is 0 Å². The van der Waals surface area contributed by atoms with Crippen LogP contribution in [0.3, 0.4) is 0 Å². The lowest BCUT2D eigenvalue weighted by Crippen LogP contribution is -2.85. The third-order valence-electron chi connectivity index (χ3n) is 6.40. The highest BCUT2D eigenvalue weighted by molar-refractivity contribution is 5.85. The van der Waals surface area contributed by atoms with Crippen molar-refractivity contribution in [3.8, 4) is 0 Å². The van der Waals surface area contributed by atoms with Crippen LogP contribution in [0, 0.1) is 0 Å². The Balaban J connectivity index is 7.60. The molecule has 56 heavy (non-hydrogen) atoms. The predicted molar refractivity (Wildman–Crippen MR) is 92.0 cm³/mol. The van der Waals surface area contributed by atoms with E-state index in [2.05, 4.69) is 0 Å². The van der Waals surface area contributed by atoms with Crippen LogP contribution in [-0.4, -0.2) is 107 Å². The maximum absolute atomic E-state index is 13.9. The van der Waals surface area contributed by atoms with E-state index in [-0.39, 0.29) is 0 Å². The number of hydrogen-bond acceptors (Lipinski definition) is 1. The van der Waals surface area contributed by atoms with Gasteiger partial charge in [0.05, 0.1) is 0 Å². The van der Waals surface area contributed by atoms with E-state index < -0.39 is 112 Å². The smallest absolute Gasteiger partial charge is 0.286 e. The average Bonchev–Trinajstić information content (AvgIpc) is 2.88. The molecule has 0 saturated heterocycles. The van der Waals surface area contributed by atoms with Crippen LogP contribution >= 0.6 is 0 Å². The zero-order chi connectivity index (χ0) is 46.8. The van der Waals surface area contributed by atoms with Crippen LogP contribution in [-0.2, 0) is 4.79 Å². The molecule has 0 saturated carbocycles. The second kappa shape index (κ2) is 12.7. The fourth-order valence-electron chi connectivity index (χ4n) is 3.31. The van der Waals surface area contributed by atoms with Crippen molar-refractivity contribution in [3.63, 3.8) is 0 Å². The molecule has 0 fully saturated rings. The molecule has 39 heteroatoms. The molecule has 0 unspecified atom stereocenters. The van der Waals surface area contributed by atoms with Gasteiger partial charge in [-0.3, -0.25) is 10.1 Å². The molecule has 0 rings (SSSR count).